The summed E-state index contributed by atoms with van der Waals surface area (Å²) in [6.45, 7) is 0. The Labute approximate surface area is 107 Å². The first kappa shape index (κ1) is 13.4. The van der Waals surface area contributed by atoms with Crippen molar-refractivity contribution >= 4 is 5.69 Å². The van der Waals surface area contributed by atoms with Crippen molar-refractivity contribution < 1.29 is 17.6 Å². The van der Waals surface area contributed by atoms with Crippen molar-refractivity contribution in [3.8, 4) is 0 Å². The summed E-state index contributed by atoms with van der Waals surface area (Å²) in [5.41, 5.74) is 5.28. The van der Waals surface area contributed by atoms with Gasteiger partial charge in [-0.3, -0.25) is 0 Å². The van der Waals surface area contributed by atoms with E-state index in [1.54, 1.807) is 6.07 Å². The lowest BCUT2D eigenvalue weighted by Crippen LogP contribution is -2.10. The molecule has 5 heteroatoms. The molecule has 2 N–H and O–H groups in total. The van der Waals surface area contributed by atoms with E-state index in [0.29, 0.717) is 11.1 Å². The average Bonchev–Trinajstić information content (AvgIpc) is 2.30. The quantitative estimate of drug-likeness (QED) is 0.646. The summed E-state index contributed by atoms with van der Waals surface area (Å²) < 4.78 is 51.1. The van der Waals surface area contributed by atoms with Gasteiger partial charge in [0.15, 0.2) is 0 Å². The Morgan fingerprint density at radius 3 is 2.32 bits per heavy atom. The molecule has 0 bridgehead atoms. The molecule has 2 rings (SSSR count). The van der Waals surface area contributed by atoms with Crippen molar-refractivity contribution in [1.82, 2.24) is 0 Å². The zero-order valence-electron chi connectivity index (χ0n) is 9.84. The number of hydrogen-bond donors (Lipinski definition) is 1. The molecule has 0 fully saturated rings. The molecule has 0 amide bonds. The van der Waals surface area contributed by atoms with Gasteiger partial charge in [-0.2, -0.15) is 13.2 Å². The van der Waals surface area contributed by atoms with E-state index in [4.69, 9.17) is 5.73 Å². The largest absolute Gasteiger partial charge is 0.418 e. The fourth-order valence-electron chi connectivity index (χ4n) is 1.88. The topological polar surface area (TPSA) is 26.0 Å². The smallest absolute Gasteiger partial charge is 0.398 e. The van der Waals surface area contributed by atoms with E-state index < -0.39 is 17.6 Å². The minimum atomic E-state index is -4.48. The Morgan fingerprint density at radius 1 is 1.00 bits per heavy atom. The van der Waals surface area contributed by atoms with Gasteiger partial charge < -0.3 is 5.73 Å². The van der Waals surface area contributed by atoms with Crippen LogP contribution in [0.5, 0.6) is 0 Å². The SMILES string of the molecule is Nc1c(Cc2cccc(F)c2)cccc1C(F)(F)F. The standard InChI is InChI=1S/C14H11F4N/c15-11-5-1-3-9(8-11)7-10-4-2-6-12(13(10)19)14(16,17)18/h1-6,8H,7,19H2. The van der Waals surface area contributed by atoms with Crippen molar-refractivity contribution in [2.75, 3.05) is 5.73 Å². The van der Waals surface area contributed by atoms with Gasteiger partial charge in [0.1, 0.15) is 5.82 Å². The Morgan fingerprint density at radius 2 is 1.68 bits per heavy atom. The van der Waals surface area contributed by atoms with Crippen LogP contribution < -0.4 is 5.73 Å². The number of anilines is 1. The Balaban J connectivity index is 2.36. The van der Waals surface area contributed by atoms with Crippen LogP contribution in [-0.4, -0.2) is 0 Å². The molecule has 0 spiro atoms. The lowest BCUT2D eigenvalue weighted by atomic mass is 10.00. The molecule has 0 atom stereocenters. The number of para-hydroxylation sites is 1. The van der Waals surface area contributed by atoms with Crippen molar-refractivity contribution in [1.29, 1.82) is 0 Å². The normalized spacial score (nSPS) is 11.6. The molecule has 0 heterocycles. The van der Waals surface area contributed by atoms with Crippen LogP contribution in [0.2, 0.25) is 0 Å². The fraction of sp³-hybridized carbons (Fsp3) is 0.143. The molecule has 0 aliphatic heterocycles. The van der Waals surface area contributed by atoms with E-state index >= 15 is 0 Å². The summed E-state index contributed by atoms with van der Waals surface area (Å²) in [4.78, 5) is 0. The highest BCUT2D eigenvalue weighted by atomic mass is 19.4. The van der Waals surface area contributed by atoms with E-state index in [0.717, 1.165) is 6.07 Å². The third-order valence-corrected chi connectivity index (χ3v) is 2.79. The predicted octanol–water partition coefficient (Wildman–Crippen LogP) is 4.02. The summed E-state index contributed by atoms with van der Waals surface area (Å²) in [6, 6.07) is 9.45. The van der Waals surface area contributed by atoms with Crippen molar-refractivity contribution in [2.24, 2.45) is 0 Å². The number of rotatable bonds is 2. The van der Waals surface area contributed by atoms with E-state index in [1.165, 1.54) is 30.3 Å². The highest BCUT2D eigenvalue weighted by Gasteiger charge is 2.33. The van der Waals surface area contributed by atoms with Crippen LogP contribution in [0.4, 0.5) is 23.2 Å². The zero-order valence-corrected chi connectivity index (χ0v) is 9.84. The molecule has 0 aliphatic carbocycles. The summed E-state index contributed by atoms with van der Waals surface area (Å²) in [5, 5.41) is 0. The van der Waals surface area contributed by atoms with Gasteiger partial charge in [0.05, 0.1) is 5.56 Å². The van der Waals surface area contributed by atoms with Gasteiger partial charge in [-0.15, -0.1) is 0 Å². The molecule has 1 nitrogen and oxygen atoms in total. The molecule has 0 aromatic heterocycles. The number of nitrogens with two attached hydrogens (primary N) is 1. The minimum Gasteiger partial charge on any atom is -0.398 e. The summed E-state index contributed by atoms with van der Waals surface area (Å²) in [7, 11) is 0. The molecular formula is C14H11F4N. The molecule has 2 aromatic rings. The zero-order chi connectivity index (χ0) is 14.0. The van der Waals surface area contributed by atoms with Crippen LogP contribution in [-0.2, 0) is 12.6 Å². The molecule has 0 aliphatic rings. The Kier molecular flexibility index (Phi) is 3.46. The number of alkyl halides is 3. The predicted molar refractivity (Wildman–Crippen MR) is 65.1 cm³/mol. The number of benzene rings is 2. The lowest BCUT2D eigenvalue weighted by Gasteiger charge is -2.13. The lowest BCUT2D eigenvalue weighted by molar-refractivity contribution is -0.136. The van der Waals surface area contributed by atoms with E-state index in [1.807, 2.05) is 0 Å². The molecule has 0 radical (unpaired) electrons. The van der Waals surface area contributed by atoms with Gasteiger partial charge in [0.25, 0.3) is 0 Å². The summed E-state index contributed by atoms with van der Waals surface area (Å²) in [6.07, 6.45) is -4.32. The van der Waals surface area contributed by atoms with E-state index in [9.17, 15) is 17.6 Å². The van der Waals surface area contributed by atoms with Gasteiger partial charge in [0, 0.05) is 5.69 Å². The molecule has 0 saturated carbocycles. The molecule has 0 saturated heterocycles. The summed E-state index contributed by atoms with van der Waals surface area (Å²) >= 11 is 0. The Hall–Kier alpha value is -2.04. The summed E-state index contributed by atoms with van der Waals surface area (Å²) in [5.74, 6) is -0.428. The maximum absolute atomic E-state index is 13.0. The first-order valence-corrected chi connectivity index (χ1v) is 5.57. The second-order valence-electron chi connectivity index (χ2n) is 4.18. The molecule has 19 heavy (non-hydrogen) atoms. The van der Waals surface area contributed by atoms with Gasteiger partial charge in [-0.25, -0.2) is 4.39 Å². The molecule has 0 unspecified atom stereocenters. The van der Waals surface area contributed by atoms with Crippen molar-refractivity contribution in [3.05, 3.63) is 65.0 Å². The average molecular weight is 269 g/mol. The van der Waals surface area contributed by atoms with Crippen molar-refractivity contribution in [3.63, 3.8) is 0 Å². The van der Waals surface area contributed by atoms with E-state index in [2.05, 4.69) is 0 Å². The van der Waals surface area contributed by atoms with E-state index in [-0.39, 0.29) is 12.1 Å². The van der Waals surface area contributed by atoms with Crippen molar-refractivity contribution in [2.45, 2.75) is 12.6 Å². The van der Waals surface area contributed by atoms with Gasteiger partial charge in [-0.1, -0.05) is 24.3 Å². The minimum absolute atomic E-state index is 0.160. The third kappa shape index (κ3) is 3.05. The van der Waals surface area contributed by atoms with Crippen LogP contribution in [0.1, 0.15) is 16.7 Å². The number of halogens is 4. The van der Waals surface area contributed by atoms with Gasteiger partial charge in [0.2, 0.25) is 0 Å². The molecule has 100 valence electrons. The first-order chi connectivity index (χ1) is 8.88. The maximum Gasteiger partial charge on any atom is 0.418 e. The second-order valence-corrected chi connectivity index (χ2v) is 4.18. The second kappa shape index (κ2) is 4.91. The monoisotopic (exact) mass is 269 g/mol. The van der Waals surface area contributed by atoms with Crippen LogP contribution in [0.3, 0.4) is 0 Å². The van der Waals surface area contributed by atoms with Gasteiger partial charge >= 0.3 is 6.18 Å². The highest BCUT2D eigenvalue weighted by molar-refractivity contribution is 5.56. The van der Waals surface area contributed by atoms with Crippen LogP contribution in [0, 0.1) is 5.82 Å². The molecule has 2 aromatic carbocycles. The maximum atomic E-state index is 13.0. The van der Waals surface area contributed by atoms with Crippen LogP contribution in [0.15, 0.2) is 42.5 Å². The first-order valence-electron chi connectivity index (χ1n) is 5.57. The number of nitrogen functional groups attached to an aromatic ring is 1. The van der Waals surface area contributed by atoms with Crippen LogP contribution >= 0.6 is 0 Å². The molecular weight excluding hydrogens is 258 g/mol. The fourth-order valence-corrected chi connectivity index (χ4v) is 1.88. The Bertz CT molecular complexity index is 590. The van der Waals surface area contributed by atoms with Crippen LogP contribution in [0.25, 0.3) is 0 Å². The van der Waals surface area contributed by atoms with Gasteiger partial charge in [-0.05, 0) is 35.7 Å². The highest BCUT2D eigenvalue weighted by Crippen LogP contribution is 2.35. The number of hydrogen-bond acceptors (Lipinski definition) is 1. The third-order valence-electron chi connectivity index (χ3n) is 2.79.